The summed E-state index contributed by atoms with van der Waals surface area (Å²) < 4.78 is 38.6. The Kier molecular flexibility index (Phi) is 5.99. The van der Waals surface area contributed by atoms with Gasteiger partial charge in [0, 0.05) is 29.2 Å². The van der Waals surface area contributed by atoms with Crippen LogP contribution in [0.5, 0.6) is 0 Å². The van der Waals surface area contributed by atoms with E-state index in [0.717, 1.165) is 45.6 Å². The van der Waals surface area contributed by atoms with Crippen molar-refractivity contribution in [1.29, 1.82) is 0 Å². The molecule has 0 saturated carbocycles. The lowest BCUT2D eigenvalue weighted by molar-refractivity contribution is -0.137. The summed E-state index contributed by atoms with van der Waals surface area (Å²) in [6, 6.07) is 16.5. The fourth-order valence-corrected chi connectivity index (χ4v) is 3.77. The first-order valence-electron chi connectivity index (χ1n) is 10.3. The number of pyridine rings is 1. The number of alkyl halides is 3. The minimum absolute atomic E-state index is 0.140. The van der Waals surface area contributed by atoms with Crippen LogP contribution in [0.3, 0.4) is 0 Å². The number of aromatic nitrogens is 2. The van der Waals surface area contributed by atoms with Crippen molar-refractivity contribution < 1.29 is 18.0 Å². The van der Waals surface area contributed by atoms with Gasteiger partial charge in [-0.1, -0.05) is 23.8 Å². The summed E-state index contributed by atoms with van der Waals surface area (Å²) in [6.07, 6.45) is -1.35. The fraction of sp³-hybridized carbons (Fsp3) is 0.200. The molecular formula is C25H22F3N3O. The molecule has 2 heterocycles. The zero-order valence-electron chi connectivity index (χ0n) is 17.5. The molecule has 0 radical (unpaired) electrons. The number of H-pyrrole nitrogens is 1. The molecule has 4 aromatic rings. The van der Waals surface area contributed by atoms with Crippen LogP contribution in [0, 0.1) is 6.92 Å². The maximum atomic E-state index is 12.9. The highest BCUT2D eigenvalue weighted by molar-refractivity contribution is 5.92. The molecular weight excluding hydrogens is 415 g/mol. The van der Waals surface area contributed by atoms with Crippen LogP contribution in [0.1, 0.15) is 29.5 Å². The number of nitrogens with zero attached hydrogens (tertiary/aromatic N) is 1. The fourth-order valence-electron chi connectivity index (χ4n) is 3.77. The van der Waals surface area contributed by atoms with Crippen molar-refractivity contribution in [2.24, 2.45) is 0 Å². The molecule has 164 valence electrons. The van der Waals surface area contributed by atoms with Gasteiger partial charge in [0.05, 0.1) is 17.0 Å². The Morgan fingerprint density at radius 1 is 1.06 bits per heavy atom. The van der Waals surface area contributed by atoms with Gasteiger partial charge < -0.3 is 10.3 Å². The molecule has 0 unspecified atom stereocenters. The molecule has 32 heavy (non-hydrogen) atoms. The van der Waals surface area contributed by atoms with Gasteiger partial charge in [-0.2, -0.15) is 13.2 Å². The van der Waals surface area contributed by atoms with E-state index < -0.39 is 11.7 Å². The molecule has 2 aromatic heterocycles. The molecule has 0 aliphatic heterocycles. The summed E-state index contributed by atoms with van der Waals surface area (Å²) in [5.41, 5.74) is 4.31. The van der Waals surface area contributed by atoms with Crippen molar-refractivity contribution in [1.82, 2.24) is 9.97 Å². The van der Waals surface area contributed by atoms with Crippen LogP contribution in [-0.2, 0) is 17.4 Å². The van der Waals surface area contributed by atoms with Crippen LogP contribution < -0.4 is 5.32 Å². The Morgan fingerprint density at radius 3 is 2.66 bits per heavy atom. The quantitative estimate of drug-likeness (QED) is 0.361. The molecule has 4 nitrogen and oxygen atoms in total. The number of carbonyl (C=O) groups excluding carboxylic acids is 1. The molecule has 0 spiro atoms. The minimum atomic E-state index is -4.45. The number of nitrogens with one attached hydrogen (secondary N) is 2. The van der Waals surface area contributed by atoms with Crippen LogP contribution >= 0.6 is 0 Å². The van der Waals surface area contributed by atoms with Crippen LogP contribution in [0.25, 0.3) is 22.3 Å². The van der Waals surface area contributed by atoms with Crippen molar-refractivity contribution in [2.45, 2.75) is 32.4 Å². The lowest BCUT2D eigenvalue weighted by atomic mass is 10.0. The van der Waals surface area contributed by atoms with Gasteiger partial charge in [0.2, 0.25) is 5.91 Å². The predicted molar refractivity (Wildman–Crippen MR) is 119 cm³/mol. The van der Waals surface area contributed by atoms with E-state index in [-0.39, 0.29) is 18.0 Å². The first-order chi connectivity index (χ1) is 15.3. The summed E-state index contributed by atoms with van der Waals surface area (Å²) >= 11 is 0. The Hall–Kier alpha value is -3.61. The molecule has 2 N–H and O–H groups in total. The maximum absolute atomic E-state index is 12.9. The minimum Gasteiger partial charge on any atom is -0.353 e. The normalized spacial score (nSPS) is 11.6. The van der Waals surface area contributed by atoms with Gasteiger partial charge in [-0.05, 0) is 67.8 Å². The third kappa shape index (κ3) is 4.82. The second-order valence-electron chi connectivity index (χ2n) is 7.72. The van der Waals surface area contributed by atoms with E-state index in [2.05, 4.69) is 21.4 Å². The number of aryl methyl sites for hydroxylation is 2. The molecule has 0 atom stereocenters. The van der Waals surface area contributed by atoms with Crippen LogP contribution in [-0.4, -0.2) is 15.9 Å². The van der Waals surface area contributed by atoms with Gasteiger partial charge in [0.15, 0.2) is 0 Å². The first kappa shape index (κ1) is 21.6. The van der Waals surface area contributed by atoms with Gasteiger partial charge in [-0.3, -0.25) is 9.78 Å². The van der Waals surface area contributed by atoms with Crippen LogP contribution in [0.15, 0.2) is 66.9 Å². The number of benzene rings is 2. The second-order valence-corrected chi connectivity index (χ2v) is 7.72. The van der Waals surface area contributed by atoms with Crippen molar-refractivity contribution in [3.8, 4) is 11.4 Å². The van der Waals surface area contributed by atoms with E-state index in [9.17, 15) is 18.0 Å². The third-order valence-electron chi connectivity index (χ3n) is 5.29. The van der Waals surface area contributed by atoms with E-state index in [1.807, 2.05) is 37.3 Å². The Bertz CT molecular complexity index is 1250. The zero-order valence-corrected chi connectivity index (χ0v) is 17.5. The third-order valence-corrected chi connectivity index (χ3v) is 5.29. The number of anilines is 1. The van der Waals surface area contributed by atoms with E-state index in [1.165, 1.54) is 12.1 Å². The summed E-state index contributed by atoms with van der Waals surface area (Å²) in [5.74, 6) is -0.320. The molecule has 0 bridgehead atoms. The number of hydrogen-bond acceptors (Lipinski definition) is 2. The lowest BCUT2D eigenvalue weighted by Gasteiger charge is -2.10. The molecule has 0 fully saturated rings. The highest BCUT2D eigenvalue weighted by atomic mass is 19.4. The van der Waals surface area contributed by atoms with Gasteiger partial charge in [0.1, 0.15) is 0 Å². The van der Waals surface area contributed by atoms with Crippen molar-refractivity contribution >= 4 is 22.5 Å². The van der Waals surface area contributed by atoms with Gasteiger partial charge >= 0.3 is 6.18 Å². The smallest absolute Gasteiger partial charge is 0.353 e. The number of carbonyl (C=O) groups is 1. The van der Waals surface area contributed by atoms with E-state index >= 15 is 0 Å². The molecule has 0 aliphatic rings. The number of fused-ring (bicyclic) bond motifs is 1. The summed E-state index contributed by atoms with van der Waals surface area (Å²) in [6.45, 7) is 2.03. The molecule has 0 aliphatic carbocycles. The van der Waals surface area contributed by atoms with Gasteiger partial charge in [-0.25, -0.2) is 0 Å². The topological polar surface area (TPSA) is 57.8 Å². The highest BCUT2D eigenvalue weighted by Crippen LogP contribution is 2.32. The highest BCUT2D eigenvalue weighted by Gasteiger charge is 2.30. The average molecular weight is 437 g/mol. The Morgan fingerprint density at radius 2 is 1.91 bits per heavy atom. The monoisotopic (exact) mass is 437 g/mol. The van der Waals surface area contributed by atoms with Crippen molar-refractivity contribution in [3.63, 3.8) is 0 Å². The number of aromatic amines is 1. The molecule has 4 rings (SSSR count). The van der Waals surface area contributed by atoms with Crippen LogP contribution in [0.2, 0.25) is 0 Å². The standard InChI is InChI=1S/C25H22F3N3O/c1-16-11-12-21-20(14-16)19(24(31-21)22-9-2-3-13-29-22)8-5-10-23(32)30-18-7-4-6-17(15-18)25(26,27)28/h2-4,6-7,9,11-15,31H,5,8,10H2,1H3,(H,30,32). The zero-order chi connectivity index (χ0) is 22.7. The predicted octanol–water partition coefficient (Wildman–Crippen LogP) is 6.52. The van der Waals surface area contributed by atoms with Gasteiger partial charge in [0.25, 0.3) is 0 Å². The van der Waals surface area contributed by atoms with Crippen LogP contribution in [0.4, 0.5) is 18.9 Å². The van der Waals surface area contributed by atoms with Gasteiger partial charge in [-0.15, -0.1) is 0 Å². The van der Waals surface area contributed by atoms with E-state index in [4.69, 9.17) is 0 Å². The van der Waals surface area contributed by atoms with E-state index in [0.29, 0.717) is 12.8 Å². The number of rotatable bonds is 6. The first-order valence-corrected chi connectivity index (χ1v) is 10.3. The molecule has 1 amide bonds. The second kappa shape index (κ2) is 8.86. The average Bonchev–Trinajstić information content (AvgIpc) is 3.12. The SMILES string of the molecule is Cc1ccc2[nH]c(-c3ccccn3)c(CCCC(=O)Nc3cccc(C(F)(F)F)c3)c2c1. The van der Waals surface area contributed by atoms with E-state index in [1.54, 1.807) is 6.20 Å². The lowest BCUT2D eigenvalue weighted by Crippen LogP contribution is -2.13. The summed E-state index contributed by atoms with van der Waals surface area (Å²) in [4.78, 5) is 20.3. The summed E-state index contributed by atoms with van der Waals surface area (Å²) in [7, 11) is 0. The molecule has 0 saturated heterocycles. The number of halogens is 3. The Balaban J connectivity index is 1.49. The molecule has 2 aromatic carbocycles. The van der Waals surface area contributed by atoms with Crippen molar-refractivity contribution in [2.75, 3.05) is 5.32 Å². The van der Waals surface area contributed by atoms with Crippen molar-refractivity contribution in [3.05, 3.63) is 83.6 Å². The summed E-state index contributed by atoms with van der Waals surface area (Å²) in [5, 5.41) is 3.65. The Labute approximate surface area is 183 Å². The maximum Gasteiger partial charge on any atom is 0.416 e. The number of amides is 1. The largest absolute Gasteiger partial charge is 0.416 e. The molecule has 7 heteroatoms. The number of hydrogen-bond donors (Lipinski definition) is 2.